The van der Waals surface area contributed by atoms with Crippen molar-refractivity contribution in [2.45, 2.75) is 4.08 Å². The summed E-state index contributed by atoms with van der Waals surface area (Å²) in [4.78, 5) is 11.2. The van der Waals surface area contributed by atoms with Crippen LogP contribution in [-0.2, 0) is 9.53 Å². The molecule has 0 aliphatic carbocycles. The van der Waals surface area contributed by atoms with Gasteiger partial charge in [-0.15, -0.1) is 0 Å². The summed E-state index contributed by atoms with van der Waals surface area (Å²) in [6.07, 6.45) is 0. The number of ether oxygens (including phenoxy) is 1. The second kappa shape index (κ2) is 3.60. The Morgan fingerprint density at radius 2 is 2.18 bits per heavy atom. The Morgan fingerprint density at radius 3 is 2.55 bits per heavy atom. The summed E-state index contributed by atoms with van der Waals surface area (Å²) in [6.45, 7) is 0. The molecule has 1 aliphatic heterocycles. The van der Waals surface area contributed by atoms with Crippen LogP contribution in [0.25, 0.3) is 0 Å². The normalized spacial score (nSPS) is 19.7. The van der Waals surface area contributed by atoms with E-state index in [2.05, 4.69) is 4.74 Å². The lowest BCUT2D eigenvalue weighted by molar-refractivity contribution is -0.139. The van der Waals surface area contributed by atoms with Crippen LogP contribution in [0.2, 0.25) is 0 Å². The molecule has 5 heteroatoms. The smallest absolute Gasteiger partial charge is 0.337 e. The van der Waals surface area contributed by atoms with Gasteiger partial charge in [0.15, 0.2) is 4.08 Å². The van der Waals surface area contributed by atoms with E-state index in [-0.39, 0.29) is 5.97 Å². The molecule has 0 saturated carbocycles. The molecule has 0 spiro atoms. The number of carbonyl (C=O) groups is 1. The first-order chi connectivity index (χ1) is 5.25. The monoisotopic (exact) mass is 206 g/mol. The molecule has 0 unspecified atom stereocenters. The molecule has 60 valence electrons. The average molecular weight is 206 g/mol. The number of rotatable bonds is 2. The van der Waals surface area contributed by atoms with E-state index in [1.165, 1.54) is 36.0 Å². The summed E-state index contributed by atoms with van der Waals surface area (Å²) in [5.74, 6) is -0.299. The molecule has 0 N–H and O–H groups in total. The molecule has 0 aromatic rings. The summed E-state index contributed by atoms with van der Waals surface area (Å²) in [6, 6.07) is 0. The summed E-state index contributed by atoms with van der Waals surface area (Å²) in [5, 5.41) is 5.11. The number of thiocarbonyl (C=S) groups is 1. The molecule has 0 bridgehead atoms. The van der Waals surface area contributed by atoms with E-state index < -0.39 is 4.08 Å². The van der Waals surface area contributed by atoms with Crippen molar-refractivity contribution in [3.05, 3.63) is 10.8 Å². The van der Waals surface area contributed by atoms with Gasteiger partial charge in [-0.2, -0.15) is 0 Å². The van der Waals surface area contributed by atoms with E-state index >= 15 is 0 Å². The molecule has 0 aromatic carbocycles. The van der Waals surface area contributed by atoms with Crippen molar-refractivity contribution in [1.82, 2.24) is 0 Å². The Kier molecular flexibility index (Phi) is 2.98. The fraction of sp³-hybridized carbons (Fsp3) is 0.333. The van der Waals surface area contributed by atoms with E-state index in [9.17, 15) is 4.79 Å². The van der Waals surface area contributed by atoms with Gasteiger partial charge in [0.1, 0.15) is 0 Å². The number of hydrogen-bond acceptors (Lipinski definition) is 5. The highest BCUT2D eigenvalue weighted by molar-refractivity contribution is 8.26. The lowest BCUT2D eigenvalue weighted by atomic mass is 10.5. The second-order valence-electron chi connectivity index (χ2n) is 1.78. The minimum absolute atomic E-state index is 0.299. The Labute approximate surface area is 78.7 Å². The second-order valence-corrected chi connectivity index (χ2v) is 4.58. The van der Waals surface area contributed by atoms with Crippen molar-refractivity contribution < 1.29 is 9.53 Å². The number of esters is 1. The average Bonchev–Trinajstić information content (AvgIpc) is 2.52. The molecular formula is C6H6O2S3. The number of methoxy groups -OCH3 is 1. The molecule has 1 rings (SSSR count). The highest BCUT2D eigenvalue weighted by Gasteiger charge is 2.40. The van der Waals surface area contributed by atoms with Gasteiger partial charge in [0, 0.05) is 5.37 Å². The quantitative estimate of drug-likeness (QED) is 0.507. The van der Waals surface area contributed by atoms with E-state index in [0.29, 0.717) is 0 Å². The van der Waals surface area contributed by atoms with Gasteiger partial charge in [-0.3, -0.25) is 0 Å². The predicted octanol–water partition coefficient (Wildman–Crippen LogP) is 1.81. The van der Waals surface area contributed by atoms with Crippen LogP contribution in [0.3, 0.4) is 0 Å². The van der Waals surface area contributed by atoms with E-state index in [1.54, 1.807) is 0 Å². The molecule has 0 atom stereocenters. The van der Waals surface area contributed by atoms with Gasteiger partial charge in [0.2, 0.25) is 0 Å². The first kappa shape index (κ1) is 9.09. The fourth-order valence-electron chi connectivity index (χ4n) is 0.628. The molecule has 1 heterocycles. The molecule has 11 heavy (non-hydrogen) atoms. The zero-order valence-electron chi connectivity index (χ0n) is 5.77. The topological polar surface area (TPSA) is 26.3 Å². The van der Waals surface area contributed by atoms with Crippen molar-refractivity contribution in [2.24, 2.45) is 0 Å². The van der Waals surface area contributed by atoms with Crippen molar-refractivity contribution in [3.63, 3.8) is 0 Å². The minimum atomic E-state index is -0.704. The van der Waals surface area contributed by atoms with Crippen LogP contribution in [0, 0.1) is 0 Å². The van der Waals surface area contributed by atoms with Gasteiger partial charge in [-0.1, -0.05) is 35.7 Å². The van der Waals surface area contributed by atoms with E-state index in [0.717, 1.165) is 0 Å². The fourth-order valence-corrected chi connectivity index (χ4v) is 2.93. The molecule has 0 saturated heterocycles. The number of thioether (sulfide) groups is 2. The molecule has 0 aromatic heterocycles. The van der Waals surface area contributed by atoms with Gasteiger partial charge in [-0.25, -0.2) is 4.79 Å². The third kappa shape index (κ3) is 1.60. The van der Waals surface area contributed by atoms with Crippen molar-refractivity contribution in [3.8, 4) is 0 Å². The first-order valence-electron chi connectivity index (χ1n) is 2.80. The largest absolute Gasteiger partial charge is 0.467 e. The minimum Gasteiger partial charge on any atom is -0.467 e. The van der Waals surface area contributed by atoms with Crippen molar-refractivity contribution in [1.29, 1.82) is 0 Å². The Balaban J connectivity index is 2.76. The number of carbonyl (C=O) groups excluding carboxylic acids is 1. The van der Waals surface area contributed by atoms with E-state index in [1.807, 2.05) is 10.8 Å². The van der Waals surface area contributed by atoms with Gasteiger partial charge in [0.25, 0.3) is 0 Å². The molecular weight excluding hydrogens is 200 g/mol. The zero-order chi connectivity index (χ0) is 8.32. The Hall–Kier alpha value is -0.000000000000000111. The third-order valence-corrected chi connectivity index (χ3v) is 4.38. The van der Waals surface area contributed by atoms with Crippen molar-refractivity contribution >= 4 is 47.1 Å². The van der Waals surface area contributed by atoms with Crippen LogP contribution in [-0.4, -0.2) is 22.5 Å². The molecule has 0 fully saturated rings. The molecule has 0 radical (unpaired) electrons. The molecule has 1 aliphatic rings. The maximum Gasteiger partial charge on any atom is 0.337 e. The lowest BCUT2D eigenvalue weighted by Gasteiger charge is -2.17. The predicted molar refractivity (Wildman–Crippen MR) is 52.7 cm³/mol. The van der Waals surface area contributed by atoms with Gasteiger partial charge in [0.05, 0.1) is 7.11 Å². The van der Waals surface area contributed by atoms with Crippen LogP contribution in [0.5, 0.6) is 0 Å². The van der Waals surface area contributed by atoms with E-state index in [4.69, 9.17) is 12.2 Å². The van der Waals surface area contributed by atoms with Crippen LogP contribution in [0.4, 0.5) is 0 Å². The van der Waals surface area contributed by atoms with Crippen LogP contribution < -0.4 is 0 Å². The van der Waals surface area contributed by atoms with Gasteiger partial charge >= 0.3 is 5.97 Å². The summed E-state index contributed by atoms with van der Waals surface area (Å²) in [7, 11) is 1.36. The first-order valence-corrected chi connectivity index (χ1v) is 5.03. The Morgan fingerprint density at radius 1 is 1.64 bits per heavy atom. The SMILES string of the molecule is COC(=O)C1(C=S)SC=CS1. The lowest BCUT2D eigenvalue weighted by Crippen LogP contribution is -2.31. The summed E-state index contributed by atoms with van der Waals surface area (Å²) < 4.78 is 3.91. The van der Waals surface area contributed by atoms with Gasteiger partial charge in [-0.05, 0) is 10.8 Å². The highest BCUT2D eigenvalue weighted by Crippen LogP contribution is 2.44. The summed E-state index contributed by atoms with van der Waals surface area (Å²) in [5.41, 5.74) is 0. The highest BCUT2D eigenvalue weighted by atomic mass is 32.2. The standard InChI is InChI=1S/C6H6O2S3/c1-8-5(7)6(4-9)10-2-3-11-6/h2-4H,1H3. The maximum atomic E-state index is 11.2. The van der Waals surface area contributed by atoms with Crippen LogP contribution >= 0.6 is 35.7 Å². The van der Waals surface area contributed by atoms with Crippen LogP contribution in [0.1, 0.15) is 0 Å². The van der Waals surface area contributed by atoms with Crippen molar-refractivity contribution in [2.75, 3.05) is 7.11 Å². The summed E-state index contributed by atoms with van der Waals surface area (Å²) >= 11 is 7.50. The maximum absolute atomic E-state index is 11.2. The molecule has 2 nitrogen and oxygen atoms in total. The third-order valence-electron chi connectivity index (χ3n) is 1.17. The number of hydrogen-bond donors (Lipinski definition) is 0. The van der Waals surface area contributed by atoms with Gasteiger partial charge < -0.3 is 4.74 Å². The molecule has 0 amide bonds. The zero-order valence-corrected chi connectivity index (χ0v) is 8.22. The Bertz CT molecular complexity index is 204. The van der Waals surface area contributed by atoms with Crippen LogP contribution in [0.15, 0.2) is 10.8 Å².